The predicted molar refractivity (Wildman–Crippen MR) is 105 cm³/mol. The molecule has 0 saturated carbocycles. The molecule has 0 bridgehead atoms. The number of likely N-dealkylation sites (tertiary alicyclic amines) is 1. The number of Topliss-reactive ketones (excluding diaryl/α,β-unsaturated/α-hetero) is 1. The standard InChI is InChI=1S/C22H23FN2O4/c1-29-22(28)17-4-8-19(9-5-17)24-20(26)14-25-12-10-16(11-13-25)21(27)15-2-6-18(23)7-3-15/h2-9,16H,10-14H2,1H3,(H,24,26)/p+1. The second kappa shape index (κ2) is 9.43. The smallest absolute Gasteiger partial charge is 0.337 e. The van der Waals surface area contributed by atoms with Crippen LogP contribution in [0.15, 0.2) is 48.5 Å². The lowest BCUT2D eigenvalue weighted by molar-refractivity contribution is -0.897. The number of benzene rings is 2. The highest BCUT2D eigenvalue weighted by Gasteiger charge is 2.29. The van der Waals surface area contributed by atoms with Crippen molar-refractivity contribution in [3.05, 3.63) is 65.5 Å². The molecule has 1 saturated heterocycles. The molecule has 0 aromatic heterocycles. The van der Waals surface area contributed by atoms with E-state index in [4.69, 9.17) is 0 Å². The second-order valence-corrected chi connectivity index (χ2v) is 7.19. The molecule has 1 aliphatic rings. The van der Waals surface area contributed by atoms with E-state index in [9.17, 15) is 18.8 Å². The third kappa shape index (κ3) is 5.48. The van der Waals surface area contributed by atoms with Gasteiger partial charge in [0.05, 0.1) is 25.8 Å². The molecule has 1 heterocycles. The van der Waals surface area contributed by atoms with Crippen molar-refractivity contribution >= 4 is 23.3 Å². The van der Waals surface area contributed by atoms with Crippen molar-refractivity contribution in [2.24, 2.45) is 5.92 Å². The fourth-order valence-corrected chi connectivity index (χ4v) is 3.55. The Hall–Kier alpha value is -3.06. The molecule has 0 spiro atoms. The first-order chi connectivity index (χ1) is 14.0. The van der Waals surface area contributed by atoms with Crippen LogP contribution in [0.5, 0.6) is 0 Å². The minimum atomic E-state index is -0.426. The quantitative estimate of drug-likeness (QED) is 0.573. The Morgan fingerprint density at radius 2 is 1.59 bits per heavy atom. The van der Waals surface area contributed by atoms with Gasteiger partial charge in [-0.05, 0) is 48.5 Å². The van der Waals surface area contributed by atoms with Crippen LogP contribution in [0, 0.1) is 11.7 Å². The number of carbonyl (C=O) groups excluding carboxylic acids is 3. The number of carbonyl (C=O) groups is 3. The third-order valence-electron chi connectivity index (χ3n) is 5.19. The Labute approximate surface area is 168 Å². The largest absolute Gasteiger partial charge is 0.465 e. The molecule has 1 fully saturated rings. The number of nitrogens with one attached hydrogen (secondary N) is 2. The molecule has 2 aromatic carbocycles. The lowest BCUT2D eigenvalue weighted by Gasteiger charge is -2.28. The summed E-state index contributed by atoms with van der Waals surface area (Å²) >= 11 is 0. The van der Waals surface area contributed by atoms with Crippen molar-refractivity contribution in [3.63, 3.8) is 0 Å². The molecule has 0 unspecified atom stereocenters. The molecule has 6 nitrogen and oxygen atoms in total. The first kappa shape index (κ1) is 20.7. The number of amides is 1. The zero-order valence-electron chi connectivity index (χ0n) is 16.2. The molecule has 29 heavy (non-hydrogen) atoms. The maximum Gasteiger partial charge on any atom is 0.337 e. The normalized spacial score (nSPS) is 18.7. The summed E-state index contributed by atoms with van der Waals surface area (Å²) in [7, 11) is 1.32. The van der Waals surface area contributed by atoms with Crippen LogP contribution in [-0.2, 0) is 9.53 Å². The van der Waals surface area contributed by atoms with Crippen LogP contribution in [0.1, 0.15) is 33.6 Å². The van der Waals surface area contributed by atoms with Gasteiger partial charge in [-0.25, -0.2) is 9.18 Å². The Morgan fingerprint density at radius 3 is 2.17 bits per heavy atom. The topological polar surface area (TPSA) is 76.9 Å². The lowest BCUT2D eigenvalue weighted by atomic mass is 9.89. The molecule has 152 valence electrons. The van der Waals surface area contributed by atoms with Gasteiger partial charge in [-0.2, -0.15) is 0 Å². The number of hydrogen-bond donors (Lipinski definition) is 2. The Morgan fingerprint density at radius 1 is 1.00 bits per heavy atom. The van der Waals surface area contributed by atoms with Gasteiger partial charge in [0, 0.05) is 30.0 Å². The Bertz CT molecular complexity index is 873. The molecule has 1 amide bonds. The molecule has 1 aliphatic heterocycles. The summed E-state index contributed by atoms with van der Waals surface area (Å²) in [4.78, 5) is 37.4. The van der Waals surface area contributed by atoms with Crippen LogP contribution < -0.4 is 10.2 Å². The molecule has 7 heteroatoms. The number of piperidine rings is 1. The van der Waals surface area contributed by atoms with Crippen LogP contribution in [0.3, 0.4) is 0 Å². The van der Waals surface area contributed by atoms with E-state index in [1.54, 1.807) is 24.3 Å². The monoisotopic (exact) mass is 399 g/mol. The first-order valence-corrected chi connectivity index (χ1v) is 9.58. The average molecular weight is 399 g/mol. The summed E-state index contributed by atoms with van der Waals surface area (Å²) in [6.45, 7) is 1.77. The molecule has 2 N–H and O–H groups in total. The van der Waals surface area contributed by atoms with Gasteiger partial charge < -0.3 is 15.0 Å². The summed E-state index contributed by atoms with van der Waals surface area (Å²) in [5, 5.41) is 2.82. The number of ketones is 1. The minimum absolute atomic E-state index is 0.0409. The van der Waals surface area contributed by atoms with Gasteiger partial charge in [-0.1, -0.05) is 0 Å². The van der Waals surface area contributed by atoms with E-state index in [1.807, 2.05) is 0 Å². The number of quaternary nitrogens is 1. The van der Waals surface area contributed by atoms with Crippen LogP contribution >= 0.6 is 0 Å². The van der Waals surface area contributed by atoms with Crippen LogP contribution in [0.4, 0.5) is 10.1 Å². The molecule has 0 radical (unpaired) electrons. The molecule has 2 aromatic rings. The van der Waals surface area contributed by atoms with Crippen molar-refractivity contribution in [2.75, 3.05) is 32.1 Å². The fourth-order valence-electron chi connectivity index (χ4n) is 3.55. The summed E-state index contributed by atoms with van der Waals surface area (Å²) in [6.07, 6.45) is 1.40. The predicted octanol–water partition coefficient (Wildman–Crippen LogP) is 1.73. The van der Waals surface area contributed by atoms with E-state index >= 15 is 0 Å². The van der Waals surface area contributed by atoms with Crippen molar-refractivity contribution in [2.45, 2.75) is 12.8 Å². The second-order valence-electron chi connectivity index (χ2n) is 7.19. The number of methoxy groups -OCH3 is 1. The van der Waals surface area contributed by atoms with Gasteiger partial charge in [0.15, 0.2) is 12.3 Å². The van der Waals surface area contributed by atoms with Crippen molar-refractivity contribution in [1.29, 1.82) is 0 Å². The average Bonchev–Trinajstić information content (AvgIpc) is 2.74. The van der Waals surface area contributed by atoms with E-state index in [1.165, 1.54) is 31.4 Å². The maximum absolute atomic E-state index is 13.0. The molecular formula is C22H24FN2O4+. The molecule has 0 aliphatic carbocycles. The highest BCUT2D eigenvalue weighted by molar-refractivity contribution is 5.98. The van der Waals surface area contributed by atoms with Gasteiger partial charge >= 0.3 is 5.97 Å². The number of rotatable bonds is 6. The minimum Gasteiger partial charge on any atom is -0.465 e. The van der Waals surface area contributed by atoms with Gasteiger partial charge in [0.2, 0.25) is 0 Å². The maximum atomic E-state index is 13.0. The highest BCUT2D eigenvalue weighted by atomic mass is 19.1. The van der Waals surface area contributed by atoms with Gasteiger partial charge in [-0.3, -0.25) is 9.59 Å². The lowest BCUT2D eigenvalue weighted by Crippen LogP contribution is -3.14. The Balaban J connectivity index is 1.46. The summed E-state index contributed by atoms with van der Waals surface area (Å²) in [6, 6.07) is 12.2. The van der Waals surface area contributed by atoms with E-state index in [-0.39, 0.29) is 23.4 Å². The van der Waals surface area contributed by atoms with E-state index in [0.29, 0.717) is 36.2 Å². The van der Waals surface area contributed by atoms with Crippen molar-refractivity contribution in [1.82, 2.24) is 0 Å². The molecule has 0 atom stereocenters. The molecule has 3 rings (SSSR count). The van der Waals surface area contributed by atoms with Crippen LogP contribution in [0.2, 0.25) is 0 Å². The third-order valence-corrected chi connectivity index (χ3v) is 5.19. The first-order valence-electron chi connectivity index (χ1n) is 9.58. The van der Waals surface area contributed by atoms with Crippen LogP contribution in [-0.4, -0.2) is 44.4 Å². The number of ether oxygens (including phenoxy) is 1. The van der Waals surface area contributed by atoms with Gasteiger partial charge in [0.1, 0.15) is 5.82 Å². The summed E-state index contributed by atoms with van der Waals surface area (Å²) in [5.74, 6) is -0.941. The SMILES string of the molecule is COC(=O)c1ccc(NC(=O)C[NH+]2CCC(C(=O)c3ccc(F)cc3)CC2)cc1. The summed E-state index contributed by atoms with van der Waals surface area (Å²) < 4.78 is 17.7. The number of anilines is 1. The van der Waals surface area contributed by atoms with E-state index < -0.39 is 5.97 Å². The van der Waals surface area contributed by atoms with Crippen molar-refractivity contribution in [3.8, 4) is 0 Å². The summed E-state index contributed by atoms with van der Waals surface area (Å²) in [5.41, 5.74) is 1.57. The Kier molecular flexibility index (Phi) is 6.72. The van der Waals surface area contributed by atoms with Gasteiger partial charge in [0.25, 0.3) is 5.91 Å². The van der Waals surface area contributed by atoms with Crippen molar-refractivity contribution < 1.29 is 28.4 Å². The zero-order valence-corrected chi connectivity index (χ0v) is 16.2. The van der Waals surface area contributed by atoms with Gasteiger partial charge in [-0.15, -0.1) is 0 Å². The van der Waals surface area contributed by atoms with E-state index in [0.717, 1.165) is 18.0 Å². The zero-order chi connectivity index (χ0) is 20.8. The number of esters is 1. The number of halogens is 1. The van der Waals surface area contributed by atoms with E-state index in [2.05, 4.69) is 10.1 Å². The highest BCUT2D eigenvalue weighted by Crippen LogP contribution is 2.17. The van der Waals surface area contributed by atoms with Crippen LogP contribution in [0.25, 0.3) is 0 Å². The fraction of sp³-hybridized carbons (Fsp3) is 0.318. The molecular weight excluding hydrogens is 375 g/mol. The number of hydrogen-bond acceptors (Lipinski definition) is 4.